The summed E-state index contributed by atoms with van der Waals surface area (Å²) in [6.07, 6.45) is 5.59. The number of nitrogens with zero attached hydrogens (tertiary/aromatic N) is 3. The van der Waals surface area contributed by atoms with Gasteiger partial charge in [-0.05, 0) is 26.3 Å². The summed E-state index contributed by atoms with van der Waals surface area (Å²) in [6, 6.07) is 0.427. The van der Waals surface area contributed by atoms with Crippen molar-refractivity contribution in [2.45, 2.75) is 38.8 Å². The topological polar surface area (TPSA) is 42.7 Å². The summed E-state index contributed by atoms with van der Waals surface area (Å²) in [5.74, 6) is 1.10. The van der Waals surface area contributed by atoms with E-state index in [0.29, 0.717) is 6.04 Å². The van der Waals surface area contributed by atoms with E-state index in [0.717, 1.165) is 18.9 Å². The van der Waals surface area contributed by atoms with Crippen LogP contribution in [0.15, 0.2) is 6.33 Å². The van der Waals surface area contributed by atoms with E-state index < -0.39 is 0 Å². The lowest BCUT2D eigenvalue weighted by Gasteiger charge is -2.22. The second-order valence-corrected chi connectivity index (χ2v) is 3.48. The maximum atomic E-state index is 4.16. The Kier molecular flexibility index (Phi) is 2.59. The minimum atomic E-state index is 0.427. The number of nitrogens with one attached hydrogen (secondary N) is 1. The van der Waals surface area contributed by atoms with Crippen LogP contribution in [-0.2, 0) is 6.54 Å². The highest BCUT2D eigenvalue weighted by atomic mass is 15.3. The fraction of sp³-hybridized carbons (Fsp3) is 0.778. The average Bonchev–Trinajstić information content (AvgIpc) is 2.67. The number of aryl methyl sites for hydroxylation is 1. The molecular formula is C9H16N4. The highest BCUT2D eigenvalue weighted by Gasteiger charge is 2.19. The van der Waals surface area contributed by atoms with Gasteiger partial charge in [-0.15, -0.1) is 10.2 Å². The van der Waals surface area contributed by atoms with Crippen molar-refractivity contribution < 1.29 is 0 Å². The summed E-state index contributed by atoms with van der Waals surface area (Å²) in [4.78, 5) is 0. The van der Waals surface area contributed by atoms with Gasteiger partial charge >= 0.3 is 0 Å². The zero-order chi connectivity index (χ0) is 9.10. The predicted molar refractivity (Wildman–Crippen MR) is 50.3 cm³/mol. The standard InChI is InChI=1S/C9H16N4/c1-2-13-7-11-12-9(13)8-5-3-4-6-10-8/h7-8,10H,2-6H2,1H3. The smallest absolute Gasteiger partial charge is 0.149 e. The fourth-order valence-electron chi connectivity index (χ4n) is 1.85. The quantitative estimate of drug-likeness (QED) is 0.741. The van der Waals surface area contributed by atoms with Gasteiger partial charge in [0.05, 0.1) is 6.04 Å². The van der Waals surface area contributed by atoms with Crippen molar-refractivity contribution in [3.63, 3.8) is 0 Å². The Morgan fingerprint density at radius 1 is 1.62 bits per heavy atom. The molecule has 0 amide bonds. The lowest BCUT2D eigenvalue weighted by molar-refractivity contribution is 0.386. The summed E-state index contributed by atoms with van der Waals surface area (Å²) in [5, 5.41) is 11.6. The Morgan fingerprint density at radius 2 is 2.54 bits per heavy atom. The molecule has 0 spiro atoms. The SMILES string of the molecule is CCn1cnnc1C1CCCCN1. The van der Waals surface area contributed by atoms with E-state index in [2.05, 4.69) is 27.0 Å². The molecule has 0 radical (unpaired) electrons. The van der Waals surface area contributed by atoms with Gasteiger partial charge in [0.25, 0.3) is 0 Å². The van der Waals surface area contributed by atoms with Crippen LogP contribution in [0.3, 0.4) is 0 Å². The summed E-state index contributed by atoms with van der Waals surface area (Å²) < 4.78 is 2.11. The Hall–Kier alpha value is -0.900. The summed E-state index contributed by atoms with van der Waals surface area (Å²) in [6.45, 7) is 4.19. The normalized spacial score (nSPS) is 23.3. The van der Waals surface area contributed by atoms with Gasteiger partial charge in [-0.2, -0.15) is 0 Å². The maximum Gasteiger partial charge on any atom is 0.149 e. The third-order valence-corrected chi connectivity index (χ3v) is 2.61. The van der Waals surface area contributed by atoms with Gasteiger partial charge in [-0.25, -0.2) is 0 Å². The Bertz CT molecular complexity index is 262. The van der Waals surface area contributed by atoms with Crippen molar-refractivity contribution in [1.82, 2.24) is 20.1 Å². The molecule has 13 heavy (non-hydrogen) atoms. The molecule has 1 unspecified atom stereocenters. The Morgan fingerprint density at radius 3 is 3.23 bits per heavy atom. The van der Waals surface area contributed by atoms with Gasteiger partial charge in [0, 0.05) is 6.54 Å². The Labute approximate surface area is 78.4 Å². The average molecular weight is 180 g/mol. The number of hydrogen-bond acceptors (Lipinski definition) is 3. The number of rotatable bonds is 2. The molecule has 4 heteroatoms. The van der Waals surface area contributed by atoms with Crippen LogP contribution in [0.5, 0.6) is 0 Å². The largest absolute Gasteiger partial charge is 0.317 e. The molecule has 0 aliphatic carbocycles. The minimum Gasteiger partial charge on any atom is -0.317 e. The molecule has 2 heterocycles. The van der Waals surface area contributed by atoms with Crippen molar-refractivity contribution in [1.29, 1.82) is 0 Å². The minimum absolute atomic E-state index is 0.427. The molecule has 1 aliphatic rings. The molecule has 1 aliphatic heterocycles. The van der Waals surface area contributed by atoms with Crippen LogP contribution in [0.1, 0.15) is 38.1 Å². The van der Waals surface area contributed by atoms with Gasteiger partial charge in [0.2, 0.25) is 0 Å². The molecular weight excluding hydrogens is 164 g/mol. The molecule has 72 valence electrons. The van der Waals surface area contributed by atoms with Crippen LogP contribution in [0.25, 0.3) is 0 Å². The van der Waals surface area contributed by atoms with E-state index in [-0.39, 0.29) is 0 Å². The van der Waals surface area contributed by atoms with Gasteiger partial charge in [0.15, 0.2) is 0 Å². The van der Waals surface area contributed by atoms with Crippen LogP contribution in [0, 0.1) is 0 Å². The molecule has 0 saturated carbocycles. The Balaban J connectivity index is 2.13. The first-order chi connectivity index (χ1) is 6.42. The summed E-state index contributed by atoms with van der Waals surface area (Å²) >= 11 is 0. The van der Waals surface area contributed by atoms with Crippen molar-refractivity contribution in [2.75, 3.05) is 6.54 Å². The van der Waals surface area contributed by atoms with E-state index in [1.165, 1.54) is 19.3 Å². The van der Waals surface area contributed by atoms with Crippen LogP contribution in [0.2, 0.25) is 0 Å². The predicted octanol–water partition coefficient (Wildman–Crippen LogP) is 1.11. The van der Waals surface area contributed by atoms with Crippen LogP contribution < -0.4 is 5.32 Å². The molecule has 4 nitrogen and oxygen atoms in total. The second-order valence-electron chi connectivity index (χ2n) is 3.48. The lowest BCUT2D eigenvalue weighted by Crippen LogP contribution is -2.29. The van der Waals surface area contributed by atoms with Crippen LogP contribution in [0.4, 0.5) is 0 Å². The van der Waals surface area contributed by atoms with Crippen LogP contribution in [-0.4, -0.2) is 21.3 Å². The molecule has 1 saturated heterocycles. The fourth-order valence-corrected chi connectivity index (χ4v) is 1.85. The van der Waals surface area contributed by atoms with Crippen molar-refractivity contribution in [2.24, 2.45) is 0 Å². The van der Waals surface area contributed by atoms with Crippen molar-refractivity contribution in [3.8, 4) is 0 Å². The molecule has 0 aromatic carbocycles. The summed E-state index contributed by atoms with van der Waals surface area (Å²) in [5.41, 5.74) is 0. The lowest BCUT2D eigenvalue weighted by atomic mass is 10.0. The van der Waals surface area contributed by atoms with Gasteiger partial charge < -0.3 is 9.88 Å². The molecule has 2 rings (SSSR count). The third-order valence-electron chi connectivity index (χ3n) is 2.61. The maximum absolute atomic E-state index is 4.16. The number of piperidine rings is 1. The molecule has 1 aromatic heterocycles. The van der Waals surface area contributed by atoms with Gasteiger partial charge in [-0.1, -0.05) is 6.42 Å². The van der Waals surface area contributed by atoms with E-state index in [9.17, 15) is 0 Å². The molecule has 1 N–H and O–H groups in total. The highest BCUT2D eigenvalue weighted by Crippen LogP contribution is 2.20. The van der Waals surface area contributed by atoms with Crippen molar-refractivity contribution in [3.05, 3.63) is 12.2 Å². The first kappa shape index (κ1) is 8.69. The van der Waals surface area contributed by atoms with E-state index in [1.54, 1.807) is 0 Å². The van der Waals surface area contributed by atoms with E-state index in [4.69, 9.17) is 0 Å². The van der Waals surface area contributed by atoms with Gasteiger partial charge in [0.1, 0.15) is 12.2 Å². The molecule has 1 aromatic rings. The monoisotopic (exact) mass is 180 g/mol. The number of hydrogen-bond donors (Lipinski definition) is 1. The van der Waals surface area contributed by atoms with E-state index >= 15 is 0 Å². The zero-order valence-corrected chi connectivity index (χ0v) is 8.03. The first-order valence-electron chi connectivity index (χ1n) is 5.03. The summed E-state index contributed by atoms with van der Waals surface area (Å²) in [7, 11) is 0. The van der Waals surface area contributed by atoms with Crippen LogP contribution >= 0.6 is 0 Å². The van der Waals surface area contributed by atoms with Gasteiger partial charge in [-0.3, -0.25) is 0 Å². The first-order valence-corrected chi connectivity index (χ1v) is 5.03. The van der Waals surface area contributed by atoms with E-state index in [1.807, 2.05) is 6.33 Å². The molecule has 0 bridgehead atoms. The zero-order valence-electron chi connectivity index (χ0n) is 8.03. The molecule has 1 atom stereocenters. The van der Waals surface area contributed by atoms with Crippen molar-refractivity contribution >= 4 is 0 Å². The highest BCUT2D eigenvalue weighted by molar-refractivity contribution is 4.96. The second kappa shape index (κ2) is 3.87. The molecule has 1 fully saturated rings. The third kappa shape index (κ3) is 1.72. The number of aromatic nitrogens is 3.